The Hall–Kier alpha value is -2.28. The number of amides is 2. The van der Waals surface area contributed by atoms with E-state index in [1.54, 1.807) is 4.90 Å². The zero-order valence-electron chi connectivity index (χ0n) is 17.5. The molecule has 1 aromatic rings. The minimum atomic E-state index is -0.295. The van der Waals surface area contributed by atoms with Gasteiger partial charge in [0.15, 0.2) is 11.5 Å². The van der Waals surface area contributed by atoms with Crippen LogP contribution in [0.2, 0.25) is 0 Å². The Morgan fingerprint density at radius 2 is 1.90 bits per heavy atom. The van der Waals surface area contributed by atoms with E-state index in [2.05, 4.69) is 10.2 Å². The first-order valence-corrected chi connectivity index (χ1v) is 11.4. The highest BCUT2D eigenvalue weighted by Crippen LogP contribution is 2.36. The van der Waals surface area contributed by atoms with Crippen LogP contribution in [0.15, 0.2) is 18.2 Å². The lowest BCUT2D eigenvalue weighted by Gasteiger charge is -2.44. The molecule has 3 unspecified atom stereocenters. The molecule has 0 saturated carbocycles. The van der Waals surface area contributed by atoms with Gasteiger partial charge in [0.2, 0.25) is 11.8 Å². The largest absolute Gasteiger partial charge is 0.486 e. The van der Waals surface area contributed by atoms with Gasteiger partial charge in [-0.1, -0.05) is 6.42 Å². The number of nitrogens with one attached hydrogen (secondary N) is 1. The lowest BCUT2D eigenvalue weighted by Crippen LogP contribution is -2.51. The Kier molecular flexibility index (Phi) is 5.54. The highest BCUT2D eigenvalue weighted by atomic mass is 16.6. The van der Waals surface area contributed by atoms with Crippen molar-refractivity contribution in [3.8, 4) is 11.5 Å². The molecule has 7 nitrogen and oxygen atoms in total. The number of carbonyl (C=O) groups is 2. The number of benzene rings is 1. The molecule has 0 bridgehead atoms. The first-order chi connectivity index (χ1) is 14.7. The lowest BCUT2D eigenvalue weighted by atomic mass is 9.83. The maximum Gasteiger partial charge on any atom is 0.227 e. The summed E-state index contributed by atoms with van der Waals surface area (Å²) >= 11 is 0. The molecule has 0 aromatic heterocycles. The quantitative estimate of drug-likeness (QED) is 0.819. The van der Waals surface area contributed by atoms with Crippen molar-refractivity contribution in [1.82, 2.24) is 10.2 Å². The number of hydrogen-bond acceptors (Lipinski definition) is 5. The van der Waals surface area contributed by atoms with E-state index in [1.807, 2.05) is 18.2 Å². The van der Waals surface area contributed by atoms with Gasteiger partial charge in [0.25, 0.3) is 0 Å². The molecule has 0 aliphatic carbocycles. The van der Waals surface area contributed by atoms with E-state index >= 15 is 0 Å². The molecule has 2 amide bonds. The van der Waals surface area contributed by atoms with Crippen LogP contribution < -0.4 is 19.7 Å². The van der Waals surface area contributed by atoms with E-state index in [9.17, 15) is 9.59 Å². The number of hydrogen-bond donors (Lipinski definition) is 1. The zero-order valence-corrected chi connectivity index (χ0v) is 17.5. The summed E-state index contributed by atoms with van der Waals surface area (Å²) in [5.74, 6) is 1.61. The predicted octanol–water partition coefficient (Wildman–Crippen LogP) is 2.19. The second-order valence-electron chi connectivity index (χ2n) is 8.98. The molecule has 162 valence electrons. The Morgan fingerprint density at radius 1 is 1.07 bits per heavy atom. The van der Waals surface area contributed by atoms with E-state index in [4.69, 9.17) is 9.47 Å². The molecule has 30 heavy (non-hydrogen) atoms. The van der Waals surface area contributed by atoms with Crippen LogP contribution in [0, 0.1) is 11.8 Å². The topological polar surface area (TPSA) is 71.1 Å². The number of nitrogens with zero attached hydrogens (tertiary/aromatic N) is 2. The van der Waals surface area contributed by atoms with Crippen molar-refractivity contribution in [2.45, 2.75) is 44.6 Å². The molecule has 4 heterocycles. The van der Waals surface area contributed by atoms with Crippen molar-refractivity contribution in [3.63, 3.8) is 0 Å². The third-order valence-corrected chi connectivity index (χ3v) is 7.10. The van der Waals surface area contributed by atoms with Gasteiger partial charge in [0.1, 0.15) is 13.2 Å². The summed E-state index contributed by atoms with van der Waals surface area (Å²) < 4.78 is 11.2. The molecule has 4 aliphatic rings. The van der Waals surface area contributed by atoms with Crippen molar-refractivity contribution in [2.75, 3.05) is 44.3 Å². The molecule has 3 fully saturated rings. The van der Waals surface area contributed by atoms with Gasteiger partial charge in [-0.05, 0) is 56.8 Å². The standard InChI is InChI=1S/C23H31N3O4/c27-22-12-17(15-26(22)18-6-7-20-21(13-18)30-11-10-29-20)23(28)24-14-16-4-3-9-25-8-2-1-5-19(16)25/h6-7,13,16-17,19H,1-5,8-12,14-15H2,(H,24,28). The molecule has 1 aromatic carbocycles. The molecule has 0 radical (unpaired) electrons. The molecule has 4 aliphatic heterocycles. The molecule has 7 heteroatoms. The molecule has 5 rings (SSSR count). The molecular formula is C23H31N3O4. The SMILES string of the molecule is O=C(NCC1CCCN2CCCCC12)C1CC(=O)N(c2ccc3c(c2)OCCO3)C1. The molecule has 0 spiro atoms. The summed E-state index contributed by atoms with van der Waals surface area (Å²) in [6, 6.07) is 6.16. The first kappa shape index (κ1) is 19.7. The maximum absolute atomic E-state index is 12.9. The Morgan fingerprint density at radius 3 is 2.80 bits per heavy atom. The molecule has 1 N–H and O–H groups in total. The van der Waals surface area contributed by atoms with Gasteiger partial charge >= 0.3 is 0 Å². The van der Waals surface area contributed by atoms with Crippen LogP contribution >= 0.6 is 0 Å². The summed E-state index contributed by atoms with van der Waals surface area (Å²) in [6.45, 7) is 4.61. The van der Waals surface area contributed by atoms with Gasteiger partial charge in [0.05, 0.1) is 5.92 Å². The lowest BCUT2D eigenvalue weighted by molar-refractivity contribution is -0.126. The number of fused-ring (bicyclic) bond motifs is 2. The maximum atomic E-state index is 12.9. The predicted molar refractivity (Wildman–Crippen MR) is 113 cm³/mol. The monoisotopic (exact) mass is 413 g/mol. The Bertz CT molecular complexity index is 812. The van der Waals surface area contributed by atoms with Gasteiger partial charge in [0, 0.05) is 37.3 Å². The van der Waals surface area contributed by atoms with Crippen molar-refractivity contribution in [2.24, 2.45) is 11.8 Å². The van der Waals surface area contributed by atoms with E-state index < -0.39 is 0 Å². The fourth-order valence-corrected chi connectivity index (χ4v) is 5.52. The minimum absolute atomic E-state index is 0.0105. The molecular weight excluding hydrogens is 382 g/mol. The number of rotatable bonds is 4. The number of ether oxygens (including phenoxy) is 2. The fraction of sp³-hybridized carbons (Fsp3) is 0.652. The van der Waals surface area contributed by atoms with Crippen LogP contribution in [0.4, 0.5) is 5.69 Å². The van der Waals surface area contributed by atoms with E-state index in [0.29, 0.717) is 43.2 Å². The van der Waals surface area contributed by atoms with Gasteiger partial charge in [-0.2, -0.15) is 0 Å². The van der Waals surface area contributed by atoms with Gasteiger partial charge in [-0.15, -0.1) is 0 Å². The summed E-state index contributed by atoms with van der Waals surface area (Å²) in [4.78, 5) is 29.8. The van der Waals surface area contributed by atoms with Gasteiger partial charge < -0.3 is 24.6 Å². The Balaban J connectivity index is 1.19. The van der Waals surface area contributed by atoms with E-state index in [0.717, 1.165) is 12.2 Å². The van der Waals surface area contributed by atoms with Crippen LogP contribution in [-0.4, -0.2) is 62.1 Å². The summed E-state index contributed by atoms with van der Waals surface area (Å²) in [6.07, 6.45) is 6.52. The second-order valence-corrected chi connectivity index (χ2v) is 8.98. The van der Waals surface area contributed by atoms with E-state index in [1.165, 1.54) is 45.2 Å². The zero-order chi connectivity index (χ0) is 20.5. The van der Waals surface area contributed by atoms with Crippen molar-refractivity contribution in [1.29, 1.82) is 0 Å². The molecule has 3 atom stereocenters. The Labute approximate surface area is 177 Å². The second kappa shape index (κ2) is 8.46. The normalized spacial score (nSPS) is 28.9. The third kappa shape index (κ3) is 3.87. The summed E-state index contributed by atoms with van der Waals surface area (Å²) in [7, 11) is 0. The third-order valence-electron chi connectivity index (χ3n) is 7.10. The van der Waals surface area contributed by atoms with Crippen molar-refractivity contribution >= 4 is 17.5 Å². The van der Waals surface area contributed by atoms with Crippen molar-refractivity contribution in [3.05, 3.63) is 18.2 Å². The fourth-order valence-electron chi connectivity index (χ4n) is 5.52. The first-order valence-electron chi connectivity index (χ1n) is 11.4. The highest BCUT2D eigenvalue weighted by molar-refractivity contribution is 6.00. The van der Waals surface area contributed by atoms with Gasteiger partial charge in [-0.3, -0.25) is 9.59 Å². The van der Waals surface area contributed by atoms with Crippen LogP contribution in [0.3, 0.4) is 0 Å². The molecule has 3 saturated heterocycles. The summed E-state index contributed by atoms with van der Waals surface area (Å²) in [5.41, 5.74) is 0.768. The number of piperidine rings is 2. The average Bonchev–Trinajstić information content (AvgIpc) is 3.19. The van der Waals surface area contributed by atoms with Crippen LogP contribution in [0.25, 0.3) is 0 Å². The smallest absolute Gasteiger partial charge is 0.227 e. The number of anilines is 1. The average molecular weight is 414 g/mol. The highest BCUT2D eigenvalue weighted by Gasteiger charge is 2.37. The van der Waals surface area contributed by atoms with Crippen LogP contribution in [0.5, 0.6) is 11.5 Å². The van der Waals surface area contributed by atoms with Gasteiger partial charge in [-0.25, -0.2) is 0 Å². The van der Waals surface area contributed by atoms with Crippen molar-refractivity contribution < 1.29 is 19.1 Å². The summed E-state index contributed by atoms with van der Waals surface area (Å²) in [5, 5.41) is 3.18. The van der Waals surface area contributed by atoms with Crippen LogP contribution in [-0.2, 0) is 9.59 Å². The minimum Gasteiger partial charge on any atom is -0.486 e. The number of carbonyl (C=O) groups excluding carboxylic acids is 2. The van der Waals surface area contributed by atoms with Crippen LogP contribution in [0.1, 0.15) is 38.5 Å². The van der Waals surface area contributed by atoms with E-state index in [-0.39, 0.29) is 24.2 Å².